The van der Waals surface area contributed by atoms with Crippen LogP contribution in [-0.4, -0.2) is 27.5 Å². The Labute approximate surface area is 180 Å². The second kappa shape index (κ2) is 8.34. The molecule has 2 aromatic carbocycles. The van der Waals surface area contributed by atoms with E-state index in [1.165, 1.54) is 11.1 Å². The Morgan fingerprint density at radius 2 is 1.94 bits per heavy atom. The Morgan fingerprint density at radius 1 is 1.16 bits per heavy atom. The maximum Gasteiger partial charge on any atom is 0.338 e. The van der Waals surface area contributed by atoms with E-state index in [9.17, 15) is 14.4 Å². The van der Waals surface area contributed by atoms with Crippen LogP contribution in [0.1, 0.15) is 47.4 Å². The number of aryl methyl sites for hydroxylation is 4. The summed E-state index contributed by atoms with van der Waals surface area (Å²) < 4.78 is 6.99. The predicted octanol–water partition coefficient (Wildman–Crippen LogP) is 3.40. The molecule has 7 heteroatoms. The Bertz CT molecular complexity index is 1250. The number of amides is 1. The highest BCUT2D eigenvalue weighted by Gasteiger charge is 2.21. The number of benzene rings is 2. The van der Waals surface area contributed by atoms with Gasteiger partial charge in [0.15, 0.2) is 6.10 Å². The fourth-order valence-electron chi connectivity index (χ4n) is 3.99. The van der Waals surface area contributed by atoms with Gasteiger partial charge in [-0.1, -0.05) is 6.07 Å². The summed E-state index contributed by atoms with van der Waals surface area (Å²) >= 11 is 0. The molecule has 1 aromatic heterocycles. The van der Waals surface area contributed by atoms with Crippen molar-refractivity contribution >= 4 is 28.6 Å². The minimum Gasteiger partial charge on any atom is -0.449 e. The highest BCUT2D eigenvalue weighted by atomic mass is 16.5. The first kappa shape index (κ1) is 20.8. The first-order chi connectivity index (χ1) is 14.9. The smallest absolute Gasteiger partial charge is 0.338 e. The summed E-state index contributed by atoms with van der Waals surface area (Å²) in [7, 11) is 0. The number of esters is 1. The number of anilines is 1. The van der Waals surface area contributed by atoms with E-state index in [0.717, 1.165) is 19.3 Å². The second-order valence-electron chi connectivity index (χ2n) is 7.82. The molecule has 7 nitrogen and oxygen atoms in total. The number of nitrogens with zero attached hydrogens (tertiary/aromatic N) is 2. The summed E-state index contributed by atoms with van der Waals surface area (Å²) in [6.45, 7) is 5.56. The van der Waals surface area contributed by atoms with Gasteiger partial charge in [0.1, 0.15) is 5.69 Å². The largest absolute Gasteiger partial charge is 0.449 e. The van der Waals surface area contributed by atoms with Crippen molar-refractivity contribution in [3.8, 4) is 0 Å². The fraction of sp³-hybridized carbons (Fsp3) is 0.333. The van der Waals surface area contributed by atoms with E-state index in [1.54, 1.807) is 36.6 Å². The molecular weight excluding hydrogens is 394 g/mol. The van der Waals surface area contributed by atoms with Crippen molar-refractivity contribution in [1.29, 1.82) is 0 Å². The van der Waals surface area contributed by atoms with Crippen LogP contribution in [0, 0.1) is 6.92 Å². The highest BCUT2D eigenvalue weighted by Crippen LogP contribution is 2.25. The first-order valence-electron chi connectivity index (χ1n) is 10.5. The van der Waals surface area contributed by atoms with E-state index in [1.807, 2.05) is 25.1 Å². The lowest BCUT2D eigenvalue weighted by atomic mass is 10.1. The van der Waals surface area contributed by atoms with Crippen LogP contribution in [0.3, 0.4) is 0 Å². The third kappa shape index (κ3) is 4.08. The highest BCUT2D eigenvalue weighted by molar-refractivity contribution is 5.98. The van der Waals surface area contributed by atoms with Crippen molar-refractivity contribution in [3.63, 3.8) is 0 Å². The molecular formula is C24H25N3O4. The number of hydrogen-bond donors (Lipinski definition) is 1. The van der Waals surface area contributed by atoms with Crippen molar-refractivity contribution in [3.05, 3.63) is 69.1 Å². The SMILES string of the molecule is CCn1c(=O)c(C)nc2cc(C(=O)O[C@@H](C)C(=O)Nc3ccc4c(c3)CCC4)ccc21. The van der Waals surface area contributed by atoms with Crippen LogP contribution in [0.15, 0.2) is 41.2 Å². The number of hydrogen-bond acceptors (Lipinski definition) is 5. The molecule has 0 unspecified atom stereocenters. The number of nitrogens with one attached hydrogen (secondary N) is 1. The molecule has 1 heterocycles. The molecule has 160 valence electrons. The van der Waals surface area contributed by atoms with E-state index in [0.29, 0.717) is 29.0 Å². The zero-order valence-electron chi connectivity index (χ0n) is 17.9. The lowest BCUT2D eigenvalue weighted by Gasteiger charge is -2.15. The van der Waals surface area contributed by atoms with Gasteiger partial charge in [0, 0.05) is 12.2 Å². The van der Waals surface area contributed by atoms with Crippen LogP contribution in [0.5, 0.6) is 0 Å². The Kier molecular flexibility index (Phi) is 5.59. The predicted molar refractivity (Wildman–Crippen MR) is 118 cm³/mol. The topological polar surface area (TPSA) is 90.3 Å². The van der Waals surface area contributed by atoms with Crippen LogP contribution in [0.4, 0.5) is 5.69 Å². The van der Waals surface area contributed by atoms with Gasteiger partial charge in [-0.2, -0.15) is 0 Å². The number of carbonyl (C=O) groups excluding carboxylic acids is 2. The molecule has 1 atom stereocenters. The monoisotopic (exact) mass is 419 g/mol. The molecule has 1 amide bonds. The maximum atomic E-state index is 12.6. The number of aromatic nitrogens is 2. The van der Waals surface area contributed by atoms with Gasteiger partial charge in [0.2, 0.25) is 0 Å². The number of fused-ring (bicyclic) bond motifs is 2. The van der Waals surface area contributed by atoms with E-state index >= 15 is 0 Å². The van der Waals surface area contributed by atoms with Gasteiger partial charge < -0.3 is 14.6 Å². The Hall–Kier alpha value is -3.48. The lowest BCUT2D eigenvalue weighted by molar-refractivity contribution is -0.123. The average Bonchev–Trinajstić information content (AvgIpc) is 3.22. The molecule has 1 aliphatic carbocycles. The molecule has 1 aliphatic rings. The summed E-state index contributed by atoms with van der Waals surface area (Å²) in [6.07, 6.45) is 2.27. The molecule has 0 saturated heterocycles. The molecule has 31 heavy (non-hydrogen) atoms. The number of carbonyl (C=O) groups is 2. The quantitative estimate of drug-likeness (QED) is 0.640. The number of rotatable bonds is 5. The third-order valence-corrected chi connectivity index (χ3v) is 5.68. The minimum atomic E-state index is -0.962. The molecule has 4 rings (SSSR count). The molecule has 0 aliphatic heterocycles. The van der Waals surface area contributed by atoms with Crippen molar-refractivity contribution < 1.29 is 14.3 Å². The van der Waals surface area contributed by atoms with Gasteiger partial charge in [-0.05, 0) is 81.5 Å². The Morgan fingerprint density at radius 3 is 2.71 bits per heavy atom. The van der Waals surface area contributed by atoms with Gasteiger partial charge in [-0.15, -0.1) is 0 Å². The average molecular weight is 419 g/mol. The third-order valence-electron chi connectivity index (χ3n) is 5.68. The van der Waals surface area contributed by atoms with Gasteiger partial charge in [0.25, 0.3) is 11.5 Å². The summed E-state index contributed by atoms with van der Waals surface area (Å²) in [5.74, 6) is -1.01. The summed E-state index contributed by atoms with van der Waals surface area (Å²) in [5, 5.41) is 2.82. The van der Waals surface area contributed by atoms with E-state index in [4.69, 9.17) is 4.74 Å². The Balaban J connectivity index is 1.48. The zero-order valence-corrected chi connectivity index (χ0v) is 17.9. The molecule has 3 aromatic rings. The van der Waals surface area contributed by atoms with E-state index in [2.05, 4.69) is 10.3 Å². The first-order valence-corrected chi connectivity index (χ1v) is 10.5. The van der Waals surface area contributed by atoms with Crippen molar-refractivity contribution in [2.75, 3.05) is 5.32 Å². The minimum absolute atomic E-state index is 0.151. The molecule has 0 saturated carbocycles. The normalized spacial score (nSPS) is 13.6. The fourth-order valence-corrected chi connectivity index (χ4v) is 3.99. The molecule has 0 bridgehead atoms. The second-order valence-corrected chi connectivity index (χ2v) is 7.82. The lowest BCUT2D eigenvalue weighted by Crippen LogP contribution is -2.30. The summed E-state index contributed by atoms with van der Waals surface area (Å²) in [4.78, 5) is 41.7. The van der Waals surface area contributed by atoms with Crippen LogP contribution in [-0.2, 0) is 28.9 Å². The van der Waals surface area contributed by atoms with Gasteiger partial charge in [-0.3, -0.25) is 9.59 Å². The van der Waals surface area contributed by atoms with Gasteiger partial charge in [-0.25, -0.2) is 9.78 Å². The molecule has 0 fully saturated rings. The molecule has 0 radical (unpaired) electrons. The van der Waals surface area contributed by atoms with Crippen molar-refractivity contribution in [2.24, 2.45) is 0 Å². The zero-order chi connectivity index (χ0) is 22.1. The van der Waals surface area contributed by atoms with Crippen molar-refractivity contribution in [2.45, 2.75) is 52.7 Å². The van der Waals surface area contributed by atoms with E-state index < -0.39 is 12.1 Å². The van der Waals surface area contributed by atoms with Crippen LogP contribution < -0.4 is 10.9 Å². The van der Waals surface area contributed by atoms with Crippen molar-refractivity contribution in [1.82, 2.24) is 9.55 Å². The number of ether oxygens (including phenoxy) is 1. The van der Waals surface area contributed by atoms with E-state index in [-0.39, 0.29) is 17.0 Å². The van der Waals surface area contributed by atoms with Gasteiger partial charge >= 0.3 is 5.97 Å². The van der Waals surface area contributed by atoms with Crippen LogP contribution >= 0.6 is 0 Å². The maximum absolute atomic E-state index is 12.6. The van der Waals surface area contributed by atoms with Crippen LogP contribution in [0.25, 0.3) is 11.0 Å². The standard InChI is InChI=1S/C24H25N3O4/c1-4-27-21-11-9-18(13-20(21)25-14(2)23(27)29)24(30)31-15(3)22(28)26-19-10-8-16-6-5-7-17(16)12-19/h8-13,15H,4-7H2,1-3H3,(H,26,28)/t15-/m0/s1. The van der Waals surface area contributed by atoms with Crippen LogP contribution in [0.2, 0.25) is 0 Å². The summed E-state index contributed by atoms with van der Waals surface area (Å²) in [6, 6.07) is 10.7. The summed E-state index contributed by atoms with van der Waals surface area (Å²) in [5.41, 5.74) is 4.96. The van der Waals surface area contributed by atoms with Gasteiger partial charge in [0.05, 0.1) is 16.6 Å². The molecule has 1 N–H and O–H groups in total. The molecule has 0 spiro atoms.